The third-order valence-corrected chi connectivity index (χ3v) is 6.32. The van der Waals surface area contributed by atoms with E-state index in [-0.39, 0.29) is 17.9 Å². The molecule has 4 nitrogen and oxygen atoms in total. The lowest BCUT2D eigenvalue weighted by Crippen LogP contribution is -2.55. The number of carbonyl (C=O) groups excluding carboxylic acids is 1. The lowest BCUT2D eigenvalue weighted by atomic mass is 9.45. The molecule has 2 N–H and O–H groups in total. The van der Waals surface area contributed by atoms with Crippen molar-refractivity contribution in [1.29, 1.82) is 5.26 Å². The van der Waals surface area contributed by atoms with E-state index >= 15 is 0 Å². The van der Waals surface area contributed by atoms with Gasteiger partial charge in [-0.2, -0.15) is 5.26 Å². The number of carbonyl (C=O) groups is 1. The Bertz CT molecular complexity index is 431. The maximum absolute atomic E-state index is 12.1. The first kappa shape index (κ1) is 13.7. The Balaban J connectivity index is 1.42. The first-order valence-electron chi connectivity index (χ1n) is 7.94. The van der Waals surface area contributed by atoms with Gasteiger partial charge in [0.25, 0.3) is 0 Å². The molecular formula is C16H25N3O. The van der Waals surface area contributed by atoms with Crippen LogP contribution in [0.3, 0.4) is 0 Å². The second kappa shape index (κ2) is 4.95. The molecule has 110 valence electrons. The molecule has 4 heteroatoms. The second-order valence-corrected chi connectivity index (χ2v) is 7.56. The number of hydrogen-bond donors (Lipinski definition) is 2. The molecule has 0 aromatic heterocycles. The summed E-state index contributed by atoms with van der Waals surface area (Å²) >= 11 is 0. The van der Waals surface area contributed by atoms with E-state index in [9.17, 15) is 4.79 Å². The van der Waals surface area contributed by atoms with Gasteiger partial charge in [-0.25, -0.2) is 0 Å². The van der Waals surface area contributed by atoms with Gasteiger partial charge in [-0.1, -0.05) is 13.8 Å². The summed E-state index contributed by atoms with van der Waals surface area (Å²) in [4.78, 5) is 12.1. The molecule has 2 bridgehead atoms. The summed E-state index contributed by atoms with van der Waals surface area (Å²) in [5.74, 6) is 2.71. The van der Waals surface area contributed by atoms with Crippen molar-refractivity contribution >= 4 is 5.91 Å². The summed E-state index contributed by atoms with van der Waals surface area (Å²) in [6, 6.07) is 0.219. The Morgan fingerprint density at radius 2 is 2.05 bits per heavy atom. The van der Waals surface area contributed by atoms with Gasteiger partial charge in [-0.3, -0.25) is 4.79 Å². The van der Waals surface area contributed by atoms with Crippen LogP contribution in [0.5, 0.6) is 0 Å². The first-order chi connectivity index (χ1) is 9.52. The highest BCUT2D eigenvalue weighted by atomic mass is 16.1. The summed E-state index contributed by atoms with van der Waals surface area (Å²) < 4.78 is 0. The average molecular weight is 275 g/mol. The van der Waals surface area contributed by atoms with Gasteiger partial charge in [0.15, 0.2) is 6.19 Å². The van der Waals surface area contributed by atoms with E-state index in [1.807, 2.05) is 6.19 Å². The minimum atomic E-state index is 0.117. The van der Waals surface area contributed by atoms with Crippen LogP contribution in [0.2, 0.25) is 0 Å². The van der Waals surface area contributed by atoms with Crippen molar-refractivity contribution in [3.05, 3.63) is 0 Å². The molecule has 1 unspecified atom stereocenters. The van der Waals surface area contributed by atoms with Gasteiger partial charge in [0.1, 0.15) is 0 Å². The van der Waals surface area contributed by atoms with E-state index in [0.717, 1.165) is 31.2 Å². The van der Waals surface area contributed by atoms with E-state index < -0.39 is 0 Å². The van der Waals surface area contributed by atoms with Crippen molar-refractivity contribution in [3.8, 4) is 6.19 Å². The fourth-order valence-electron chi connectivity index (χ4n) is 4.62. The highest BCUT2D eigenvalue weighted by Gasteiger charge is 2.54. The van der Waals surface area contributed by atoms with E-state index in [0.29, 0.717) is 11.3 Å². The Hall–Kier alpha value is -1.24. The van der Waals surface area contributed by atoms with Crippen LogP contribution in [0.4, 0.5) is 0 Å². The summed E-state index contributed by atoms with van der Waals surface area (Å²) in [6.45, 7) is 5.64. The van der Waals surface area contributed by atoms with Gasteiger partial charge in [0.05, 0.1) is 0 Å². The fourth-order valence-corrected chi connectivity index (χ4v) is 4.62. The maximum Gasteiger partial charge on any atom is 0.223 e. The van der Waals surface area contributed by atoms with Gasteiger partial charge in [0, 0.05) is 18.5 Å². The number of rotatable bonds is 4. The number of amides is 1. The monoisotopic (exact) mass is 275 g/mol. The van der Waals surface area contributed by atoms with Gasteiger partial charge in [-0.05, 0) is 55.3 Å². The van der Waals surface area contributed by atoms with Crippen molar-refractivity contribution < 1.29 is 4.79 Å². The van der Waals surface area contributed by atoms with E-state index in [2.05, 4.69) is 24.5 Å². The molecule has 0 aromatic rings. The average Bonchev–Trinajstić information content (AvgIpc) is 2.39. The Kier molecular flexibility index (Phi) is 3.40. The molecule has 4 fully saturated rings. The number of nitrogens with one attached hydrogen (secondary N) is 2. The molecule has 4 rings (SSSR count). The zero-order valence-electron chi connectivity index (χ0n) is 12.5. The Labute approximate surface area is 121 Å². The first-order valence-corrected chi connectivity index (χ1v) is 7.94. The van der Waals surface area contributed by atoms with Crippen LogP contribution in [-0.2, 0) is 4.79 Å². The smallest absolute Gasteiger partial charge is 0.223 e. The van der Waals surface area contributed by atoms with Crippen molar-refractivity contribution in [3.63, 3.8) is 0 Å². The lowest BCUT2D eigenvalue weighted by Gasteiger charge is -2.60. The van der Waals surface area contributed by atoms with Crippen LogP contribution < -0.4 is 10.6 Å². The third kappa shape index (κ3) is 2.17. The van der Waals surface area contributed by atoms with Crippen LogP contribution in [0.15, 0.2) is 0 Å². The standard InChI is InChI=1S/C16H25N3O/c1-16(2)12-4-3-10(14(16)7-12)8-18-15(20)11-5-13(6-11)19-9-17/h10-14,19H,3-8H2,1-2H3,(H,18,20)/t10-,11-,12+,13-,14?/m0/s1. The maximum atomic E-state index is 12.1. The molecule has 20 heavy (non-hydrogen) atoms. The number of fused-ring (bicyclic) bond motifs is 2. The van der Waals surface area contributed by atoms with E-state index in [1.54, 1.807) is 0 Å². The summed E-state index contributed by atoms with van der Waals surface area (Å²) in [6.07, 6.45) is 7.55. The summed E-state index contributed by atoms with van der Waals surface area (Å²) in [7, 11) is 0. The number of nitrogens with zero attached hydrogens (tertiary/aromatic N) is 1. The van der Waals surface area contributed by atoms with E-state index in [4.69, 9.17) is 5.26 Å². The van der Waals surface area contributed by atoms with Crippen LogP contribution in [0.25, 0.3) is 0 Å². The SMILES string of the molecule is CC1(C)C2C[C@H]1CC[C@H]2CNC(=O)[C@H]1C[C@H](NC#N)C1. The molecule has 0 saturated heterocycles. The topological polar surface area (TPSA) is 64.9 Å². The molecule has 4 saturated carbocycles. The predicted octanol–water partition coefficient (Wildman–Crippen LogP) is 2.02. The zero-order chi connectivity index (χ0) is 14.3. The fraction of sp³-hybridized carbons (Fsp3) is 0.875. The molecule has 0 aliphatic heterocycles. The molecule has 0 spiro atoms. The van der Waals surface area contributed by atoms with Crippen LogP contribution >= 0.6 is 0 Å². The molecule has 3 atom stereocenters. The van der Waals surface area contributed by atoms with E-state index in [1.165, 1.54) is 19.3 Å². The predicted molar refractivity (Wildman–Crippen MR) is 76.4 cm³/mol. The van der Waals surface area contributed by atoms with Crippen molar-refractivity contribution in [2.75, 3.05) is 6.54 Å². The molecule has 0 heterocycles. The third-order valence-electron chi connectivity index (χ3n) is 6.32. The number of nitriles is 1. The molecule has 0 aromatic carbocycles. The van der Waals surface area contributed by atoms with Gasteiger partial charge in [0.2, 0.25) is 5.91 Å². The van der Waals surface area contributed by atoms with Gasteiger partial charge < -0.3 is 10.6 Å². The number of hydrogen-bond acceptors (Lipinski definition) is 3. The van der Waals surface area contributed by atoms with Crippen LogP contribution in [0, 0.1) is 40.5 Å². The van der Waals surface area contributed by atoms with Crippen molar-refractivity contribution in [1.82, 2.24) is 10.6 Å². The van der Waals surface area contributed by atoms with Gasteiger partial charge in [-0.15, -0.1) is 0 Å². The largest absolute Gasteiger partial charge is 0.356 e. The zero-order valence-corrected chi connectivity index (χ0v) is 12.5. The molecular weight excluding hydrogens is 250 g/mol. The Morgan fingerprint density at radius 3 is 2.65 bits per heavy atom. The molecule has 0 radical (unpaired) electrons. The highest BCUT2D eigenvalue weighted by Crippen LogP contribution is 2.61. The highest BCUT2D eigenvalue weighted by molar-refractivity contribution is 5.79. The minimum Gasteiger partial charge on any atom is -0.356 e. The molecule has 4 aliphatic rings. The molecule has 1 amide bonds. The van der Waals surface area contributed by atoms with Crippen molar-refractivity contribution in [2.45, 2.75) is 52.0 Å². The van der Waals surface area contributed by atoms with Crippen LogP contribution in [0.1, 0.15) is 46.0 Å². The normalized spacial score (nSPS) is 40.8. The Morgan fingerprint density at radius 1 is 1.30 bits per heavy atom. The van der Waals surface area contributed by atoms with Crippen molar-refractivity contribution in [2.24, 2.45) is 29.1 Å². The molecule has 4 aliphatic carbocycles. The van der Waals surface area contributed by atoms with Crippen LogP contribution in [-0.4, -0.2) is 18.5 Å². The second-order valence-electron chi connectivity index (χ2n) is 7.56. The van der Waals surface area contributed by atoms with Gasteiger partial charge >= 0.3 is 0 Å². The lowest BCUT2D eigenvalue weighted by molar-refractivity contribution is -0.131. The minimum absolute atomic E-state index is 0.117. The summed E-state index contributed by atoms with van der Waals surface area (Å²) in [5.41, 5.74) is 0.492. The quantitative estimate of drug-likeness (QED) is 0.609. The summed E-state index contributed by atoms with van der Waals surface area (Å²) in [5, 5.41) is 14.4.